The Morgan fingerprint density at radius 2 is 1.25 bits per heavy atom. The summed E-state index contributed by atoms with van der Waals surface area (Å²) in [6.07, 6.45) is 0. The van der Waals surface area contributed by atoms with Crippen LogP contribution in [0.25, 0.3) is 23.0 Å². The molecule has 0 aliphatic heterocycles. The molecule has 3 heterocycles. The topological polar surface area (TPSA) is 241 Å². The Balaban J connectivity index is 2.12. The molecule has 0 radical (unpaired) electrons. The maximum atomic E-state index is 11.3. The fraction of sp³-hybridized carbons (Fsp3) is 0. The molecular weight excluding hydrogens is 334 g/mol. The second-order valence-corrected chi connectivity index (χ2v) is 4.03. The molecule has 0 spiro atoms. The zero-order valence-electron chi connectivity index (χ0n) is 11.0. The third-order valence-corrected chi connectivity index (χ3v) is 2.65. The van der Waals surface area contributed by atoms with Crippen molar-refractivity contribution in [3.8, 4) is 23.0 Å². The van der Waals surface area contributed by atoms with Gasteiger partial charge in [-0.05, 0) is 19.8 Å². The Bertz CT molecular complexity index is 898. The molecule has 3 N–H and O–H groups in total. The Hall–Kier alpha value is -4.31. The molecule has 17 heteroatoms. The molecule has 0 saturated carbocycles. The van der Waals surface area contributed by atoms with Crippen LogP contribution >= 0.6 is 0 Å². The van der Waals surface area contributed by atoms with E-state index in [9.17, 15) is 30.3 Å². The Kier molecular flexibility index (Phi) is 3.14. The van der Waals surface area contributed by atoms with E-state index in [2.05, 4.69) is 30.4 Å². The fourth-order valence-electron chi connectivity index (χ4n) is 1.71. The van der Waals surface area contributed by atoms with Gasteiger partial charge in [0.2, 0.25) is 11.4 Å². The van der Waals surface area contributed by atoms with Gasteiger partial charge in [0.15, 0.2) is 0 Å². The molecule has 0 amide bonds. The average Bonchev–Trinajstić information content (AvgIpc) is 3.24. The summed E-state index contributed by atoms with van der Waals surface area (Å²) in [5.74, 6) is -2.28. The van der Waals surface area contributed by atoms with E-state index in [1.54, 1.807) is 0 Å². The van der Waals surface area contributed by atoms with Crippen molar-refractivity contribution in [2.45, 2.75) is 0 Å². The first kappa shape index (κ1) is 14.6. The molecular formula is C7H3N11O6. The van der Waals surface area contributed by atoms with Crippen molar-refractivity contribution in [3.05, 3.63) is 30.3 Å². The number of nitrogens with one attached hydrogen (secondary N) is 3. The number of H-pyrrole nitrogens is 3. The van der Waals surface area contributed by atoms with E-state index in [4.69, 9.17) is 0 Å². The molecule has 0 bridgehead atoms. The molecule has 0 fully saturated rings. The molecule has 0 aliphatic carbocycles. The number of hydrogen-bond acceptors (Lipinski definition) is 11. The summed E-state index contributed by atoms with van der Waals surface area (Å²) >= 11 is 0. The monoisotopic (exact) mass is 337 g/mol. The lowest BCUT2D eigenvalue weighted by molar-refractivity contribution is -0.394. The highest BCUT2D eigenvalue weighted by atomic mass is 16.6. The van der Waals surface area contributed by atoms with Crippen LogP contribution in [0.4, 0.5) is 17.6 Å². The van der Waals surface area contributed by atoms with E-state index >= 15 is 0 Å². The Morgan fingerprint density at radius 3 is 1.75 bits per heavy atom. The molecule has 24 heavy (non-hydrogen) atoms. The number of rotatable bonds is 5. The van der Waals surface area contributed by atoms with Crippen LogP contribution in [0.15, 0.2) is 0 Å². The van der Waals surface area contributed by atoms with Crippen molar-refractivity contribution in [2.24, 2.45) is 0 Å². The molecule has 3 aromatic rings. The molecule has 3 rings (SSSR count). The minimum atomic E-state index is -0.880. The number of nitro groups is 3. The van der Waals surface area contributed by atoms with Crippen molar-refractivity contribution >= 4 is 17.6 Å². The van der Waals surface area contributed by atoms with Crippen molar-refractivity contribution in [1.82, 2.24) is 40.6 Å². The third-order valence-electron chi connectivity index (χ3n) is 2.65. The van der Waals surface area contributed by atoms with Gasteiger partial charge in [0, 0.05) is 0 Å². The maximum Gasteiger partial charge on any atom is 0.453 e. The molecule has 17 nitrogen and oxygen atoms in total. The zero-order chi connectivity index (χ0) is 17.4. The van der Waals surface area contributed by atoms with Crippen LogP contribution < -0.4 is 0 Å². The van der Waals surface area contributed by atoms with Crippen molar-refractivity contribution < 1.29 is 14.8 Å². The molecule has 0 unspecified atom stereocenters. The van der Waals surface area contributed by atoms with Crippen molar-refractivity contribution in [3.63, 3.8) is 0 Å². The normalized spacial score (nSPS) is 10.7. The van der Waals surface area contributed by atoms with E-state index < -0.39 is 49.7 Å². The predicted octanol–water partition coefficient (Wildman–Crippen LogP) is -0.296. The van der Waals surface area contributed by atoms with Gasteiger partial charge in [-0.1, -0.05) is 10.2 Å². The number of nitrogens with zero attached hydrogens (tertiary/aromatic N) is 8. The summed E-state index contributed by atoms with van der Waals surface area (Å²) in [6.45, 7) is 0. The first-order valence-electron chi connectivity index (χ1n) is 5.75. The largest absolute Gasteiger partial charge is 0.453 e. The molecule has 0 aliphatic rings. The summed E-state index contributed by atoms with van der Waals surface area (Å²) in [4.78, 5) is 36.7. The lowest BCUT2D eigenvalue weighted by Gasteiger charge is -1.89. The van der Waals surface area contributed by atoms with Gasteiger partial charge in [0.05, 0.1) is 4.92 Å². The number of hydrogen-bond donors (Lipinski definition) is 3. The van der Waals surface area contributed by atoms with Crippen LogP contribution in [-0.4, -0.2) is 55.3 Å². The smallest absolute Gasteiger partial charge is 0.390 e. The summed E-state index contributed by atoms with van der Waals surface area (Å²) in [5.41, 5.74) is -1.48. The van der Waals surface area contributed by atoms with Crippen LogP contribution in [-0.2, 0) is 0 Å². The summed E-state index contributed by atoms with van der Waals surface area (Å²) in [5, 5.41) is 49.2. The van der Waals surface area contributed by atoms with Gasteiger partial charge in [-0.25, -0.2) is 0 Å². The first-order chi connectivity index (χ1) is 11.4. The van der Waals surface area contributed by atoms with E-state index in [1.165, 1.54) is 0 Å². The van der Waals surface area contributed by atoms with E-state index in [0.29, 0.717) is 0 Å². The predicted molar refractivity (Wildman–Crippen MR) is 69.3 cm³/mol. The second kappa shape index (κ2) is 5.15. The standard InChI is InChI=1S/C7H3N11O6/c19-16(20)3-1(4-8-6(14-12-4)17(21)22)10-11-2(3)5-9-7(15-13-5)18(23)24/h(H,10,11)(H,8,12,14)(H,9,13,15). The molecule has 122 valence electrons. The highest BCUT2D eigenvalue weighted by molar-refractivity contribution is 5.76. The van der Waals surface area contributed by atoms with Crippen LogP contribution in [0.3, 0.4) is 0 Å². The summed E-state index contributed by atoms with van der Waals surface area (Å²) < 4.78 is 0. The maximum absolute atomic E-state index is 11.3. The zero-order valence-corrected chi connectivity index (χ0v) is 11.0. The number of aromatic nitrogens is 8. The Labute approximate surface area is 127 Å². The third kappa shape index (κ3) is 2.26. The molecule has 0 atom stereocenters. The van der Waals surface area contributed by atoms with Crippen LogP contribution in [0.1, 0.15) is 0 Å². The lowest BCUT2D eigenvalue weighted by atomic mass is 10.2. The second-order valence-electron chi connectivity index (χ2n) is 4.03. The van der Waals surface area contributed by atoms with E-state index in [1.807, 2.05) is 10.2 Å². The Morgan fingerprint density at radius 1 is 0.708 bits per heavy atom. The van der Waals surface area contributed by atoms with E-state index in [-0.39, 0.29) is 5.69 Å². The van der Waals surface area contributed by atoms with Crippen molar-refractivity contribution in [2.75, 3.05) is 0 Å². The quantitative estimate of drug-likeness (QED) is 0.403. The molecule has 0 aromatic carbocycles. The van der Waals surface area contributed by atoms with Crippen LogP contribution in [0.5, 0.6) is 0 Å². The minimum Gasteiger partial charge on any atom is -0.390 e. The highest BCUT2D eigenvalue weighted by Gasteiger charge is 2.35. The average molecular weight is 337 g/mol. The first-order valence-corrected chi connectivity index (χ1v) is 5.75. The van der Waals surface area contributed by atoms with Gasteiger partial charge in [0.25, 0.3) is 11.6 Å². The van der Waals surface area contributed by atoms with E-state index in [0.717, 1.165) is 0 Å². The molecule has 3 aromatic heterocycles. The SMILES string of the molecule is O=[N+]([O-])c1nc(-c2n[nH]c(-c3n[nH]c([N+](=O)[O-])n3)c2[N+](=O)[O-])n[nH]1. The lowest BCUT2D eigenvalue weighted by Crippen LogP contribution is -1.94. The van der Waals surface area contributed by atoms with Gasteiger partial charge in [-0.2, -0.15) is 5.10 Å². The van der Waals surface area contributed by atoms with Gasteiger partial charge >= 0.3 is 17.6 Å². The van der Waals surface area contributed by atoms with Crippen LogP contribution in [0.2, 0.25) is 0 Å². The summed E-state index contributed by atoms with van der Waals surface area (Å²) in [6, 6.07) is 0. The molecule has 0 saturated heterocycles. The number of aromatic amines is 3. The summed E-state index contributed by atoms with van der Waals surface area (Å²) in [7, 11) is 0. The minimum absolute atomic E-state index is 0.355. The van der Waals surface area contributed by atoms with Gasteiger partial charge in [0.1, 0.15) is 0 Å². The highest BCUT2D eigenvalue weighted by Crippen LogP contribution is 2.34. The van der Waals surface area contributed by atoms with Crippen LogP contribution in [0, 0.1) is 30.3 Å². The van der Waals surface area contributed by atoms with Gasteiger partial charge in [-0.15, -0.1) is 10.2 Å². The fourth-order valence-corrected chi connectivity index (χ4v) is 1.71. The van der Waals surface area contributed by atoms with Gasteiger partial charge in [-0.3, -0.25) is 15.2 Å². The van der Waals surface area contributed by atoms with Gasteiger partial charge < -0.3 is 20.2 Å². The van der Waals surface area contributed by atoms with Crippen molar-refractivity contribution in [1.29, 1.82) is 0 Å².